The average molecular weight is 407 g/mol. The van der Waals surface area contributed by atoms with Crippen LogP contribution in [0.25, 0.3) is 0 Å². The molecule has 166 valence electrons. The zero-order chi connectivity index (χ0) is 21.0. The van der Waals surface area contributed by atoms with E-state index >= 15 is 0 Å². The number of carbonyl (C=O) groups is 1. The fourth-order valence-electron chi connectivity index (χ4n) is 7.97. The van der Waals surface area contributed by atoms with Crippen molar-refractivity contribution in [1.82, 2.24) is 0 Å². The summed E-state index contributed by atoms with van der Waals surface area (Å²) in [5.74, 6) is 2.23. The first-order valence-corrected chi connectivity index (χ1v) is 12.2. The third kappa shape index (κ3) is 3.67. The zero-order valence-corrected chi connectivity index (χ0v) is 18.9. The third-order valence-electron chi connectivity index (χ3n) is 9.77. The summed E-state index contributed by atoms with van der Waals surface area (Å²) in [7, 11) is 0. The molecule has 4 nitrogen and oxygen atoms in total. The Bertz CT molecular complexity index is 618. The normalized spacial score (nSPS) is 49.3. The Labute approximate surface area is 176 Å². The maximum atomic E-state index is 12.4. The number of fused-ring (bicyclic) bond motifs is 5. The highest BCUT2D eigenvalue weighted by Gasteiger charge is 2.63. The van der Waals surface area contributed by atoms with Crippen LogP contribution in [0.4, 0.5) is 0 Å². The van der Waals surface area contributed by atoms with Crippen molar-refractivity contribution < 1.29 is 19.7 Å². The number of esters is 1. The van der Waals surface area contributed by atoms with Gasteiger partial charge in [0.2, 0.25) is 0 Å². The lowest BCUT2D eigenvalue weighted by Gasteiger charge is -2.62. The lowest BCUT2D eigenvalue weighted by atomic mass is 9.44. The lowest BCUT2D eigenvalue weighted by Crippen LogP contribution is -2.59. The fourth-order valence-corrected chi connectivity index (χ4v) is 7.97. The minimum Gasteiger partial charge on any atom is -0.462 e. The Morgan fingerprint density at radius 3 is 2.41 bits per heavy atom. The van der Waals surface area contributed by atoms with Crippen molar-refractivity contribution in [2.24, 2.45) is 40.4 Å². The van der Waals surface area contributed by atoms with E-state index in [0.29, 0.717) is 36.0 Å². The van der Waals surface area contributed by atoms with Crippen LogP contribution in [0.3, 0.4) is 0 Å². The highest BCUT2D eigenvalue weighted by Crippen LogP contribution is 2.66. The summed E-state index contributed by atoms with van der Waals surface area (Å²) in [6.45, 7) is 9.05. The first kappa shape index (κ1) is 21.6. The molecule has 2 N–H and O–H groups in total. The number of hydrogen-bond donors (Lipinski definition) is 2. The Hall–Kier alpha value is -0.610. The Morgan fingerprint density at radius 2 is 1.69 bits per heavy atom. The minimum absolute atomic E-state index is 0.00696. The SMILES string of the molecule is CC(C)CCC(=O)O[C@H]1CC[C@H]2[C@@H]3[C@H](O)C[C@H]4C[C@@H](O)CC[C@]4(C)[C@H]3CC[C@]12C. The molecule has 0 amide bonds. The van der Waals surface area contributed by atoms with Crippen molar-refractivity contribution in [2.75, 3.05) is 0 Å². The van der Waals surface area contributed by atoms with Gasteiger partial charge in [0.25, 0.3) is 0 Å². The van der Waals surface area contributed by atoms with Crippen LogP contribution in [0, 0.1) is 40.4 Å². The smallest absolute Gasteiger partial charge is 0.306 e. The van der Waals surface area contributed by atoms with Gasteiger partial charge in [-0.1, -0.05) is 27.7 Å². The van der Waals surface area contributed by atoms with Crippen LogP contribution in [0.5, 0.6) is 0 Å². The largest absolute Gasteiger partial charge is 0.462 e. The van der Waals surface area contributed by atoms with Crippen molar-refractivity contribution in [1.29, 1.82) is 0 Å². The van der Waals surface area contributed by atoms with Gasteiger partial charge >= 0.3 is 5.97 Å². The number of carbonyl (C=O) groups excluding carboxylic acids is 1. The molecule has 0 spiro atoms. The van der Waals surface area contributed by atoms with Gasteiger partial charge in [0.15, 0.2) is 0 Å². The summed E-state index contributed by atoms with van der Waals surface area (Å²) >= 11 is 0. The molecule has 4 aliphatic rings. The summed E-state index contributed by atoms with van der Waals surface area (Å²) in [5, 5.41) is 21.4. The Balaban J connectivity index is 1.50. The predicted octanol–water partition coefficient (Wildman–Crippen LogP) is 4.71. The molecule has 0 heterocycles. The van der Waals surface area contributed by atoms with Crippen LogP contribution in [-0.2, 0) is 9.53 Å². The van der Waals surface area contributed by atoms with Gasteiger partial charge in [-0.15, -0.1) is 0 Å². The van der Waals surface area contributed by atoms with E-state index in [0.717, 1.165) is 57.8 Å². The maximum Gasteiger partial charge on any atom is 0.306 e. The number of rotatable bonds is 4. The second-order valence-electron chi connectivity index (χ2n) is 11.8. The second-order valence-corrected chi connectivity index (χ2v) is 11.8. The van der Waals surface area contributed by atoms with Crippen LogP contribution < -0.4 is 0 Å². The van der Waals surface area contributed by atoms with Gasteiger partial charge in [0.1, 0.15) is 6.10 Å². The quantitative estimate of drug-likeness (QED) is 0.664. The predicted molar refractivity (Wildman–Crippen MR) is 113 cm³/mol. The topological polar surface area (TPSA) is 66.8 Å². The molecule has 4 rings (SSSR count). The molecule has 4 fully saturated rings. The van der Waals surface area contributed by atoms with Gasteiger partial charge < -0.3 is 14.9 Å². The van der Waals surface area contributed by atoms with E-state index in [1.807, 2.05) is 0 Å². The van der Waals surface area contributed by atoms with Gasteiger partial charge in [0.05, 0.1) is 12.2 Å². The molecular weight excluding hydrogens is 364 g/mol. The molecule has 4 heteroatoms. The number of aliphatic hydroxyl groups excluding tert-OH is 2. The van der Waals surface area contributed by atoms with E-state index in [1.54, 1.807) is 0 Å². The first-order chi connectivity index (χ1) is 13.6. The standard InChI is InChI=1S/C25H42O4/c1-15(2)5-8-22(28)29-21-7-6-18-23-19(10-12-25(18,21)4)24(3)11-9-17(26)13-16(24)14-20(23)27/h15-21,23,26-27H,5-14H2,1-4H3/t16-,17+,18+,19+,20-,21+,23+,24+,25+/m1/s1. The summed E-state index contributed by atoms with van der Waals surface area (Å²) in [6, 6.07) is 0. The van der Waals surface area contributed by atoms with Crippen molar-refractivity contribution in [3.8, 4) is 0 Å². The van der Waals surface area contributed by atoms with Crippen LogP contribution in [-0.4, -0.2) is 34.5 Å². The van der Waals surface area contributed by atoms with E-state index in [9.17, 15) is 15.0 Å². The van der Waals surface area contributed by atoms with E-state index in [4.69, 9.17) is 4.74 Å². The van der Waals surface area contributed by atoms with Crippen LogP contribution in [0.1, 0.15) is 91.9 Å². The van der Waals surface area contributed by atoms with Gasteiger partial charge in [-0.05, 0) is 92.8 Å². The minimum atomic E-state index is -0.275. The van der Waals surface area contributed by atoms with E-state index in [2.05, 4.69) is 27.7 Å². The number of hydrogen-bond acceptors (Lipinski definition) is 4. The Kier molecular flexibility index (Phi) is 5.83. The van der Waals surface area contributed by atoms with E-state index < -0.39 is 0 Å². The molecule has 4 aliphatic carbocycles. The molecule has 0 unspecified atom stereocenters. The molecule has 0 aromatic carbocycles. The molecule has 0 bridgehead atoms. The molecular formula is C25H42O4. The zero-order valence-electron chi connectivity index (χ0n) is 18.9. The highest BCUT2D eigenvalue weighted by molar-refractivity contribution is 5.69. The molecule has 0 saturated heterocycles. The van der Waals surface area contributed by atoms with Crippen molar-refractivity contribution in [3.63, 3.8) is 0 Å². The number of aliphatic hydroxyl groups is 2. The van der Waals surface area contributed by atoms with E-state index in [1.165, 1.54) is 0 Å². The first-order valence-electron chi connectivity index (χ1n) is 12.2. The van der Waals surface area contributed by atoms with Crippen LogP contribution in [0.2, 0.25) is 0 Å². The summed E-state index contributed by atoms with van der Waals surface area (Å²) in [5.41, 5.74) is 0.253. The summed E-state index contributed by atoms with van der Waals surface area (Å²) in [4.78, 5) is 12.4. The van der Waals surface area contributed by atoms with Crippen molar-refractivity contribution >= 4 is 5.97 Å². The lowest BCUT2D eigenvalue weighted by molar-refractivity contribution is -0.185. The van der Waals surface area contributed by atoms with Gasteiger partial charge in [-0.2, -0.15) is 0 Å². The molecule has 0 aromatic rings. The average Bonchev–Trinajstić information content (AvgIpc) is 2.98. The second kappa shape index (κ2) is 7.82. The number of ether oxygens (including phenoxy) is 1. The summed E-state index contributed by atoms with van der Waals surface area (Å²) < 4.78 is 6.04. The molecule has 0 aliphatic heterocycles. The molecule has 29 heavy (non-hydrogen) atoms. The fraction of sp³-hybridized carbons (Fsp3) is 0.960. The molecule has 4 saturated carbocycles. The molecule has 0 radical (unpaired) electrons. The third-order valence-corrected chi connectivity index (χ3v) is 9.77. The van der Waals surface area contributed by atoms with E-state index in [-0.39, 0.29) is 35.1 Å². The highest BCUT2D eigenvalue weighted by atomic mass is 16.5. The monoisotopic (exact) mass is 406 g/mol. The molecule has 9 atom stereocenters. The van der Waals surface area contributed by atoms with Crippen LogP contribution in [0.15, 0.2) is 0 Å². The van der Waals surface area contributed by atoms with Crippen molar-refractivity contribution in [2.45, 2.75) is 110 Å². The van der Waals surface area contributed by atoms with Crippen molar-refractivity contribution in [3.05, 3.63) is 0 Å². The van der Waals surface area contributed by atoms with Gasteiger partial charge in [-0.25, -0.2) is 0 Å². The van der Waals surface area contributed by atoms with Crippen LogP contribution >= 0.6 is 0 Å². The van der Waals surface area contributed by atoms with Gasteiger partial charge in [0, 0.05) is 11.8 Å². The summed E-state index contributed by atoms with van der Waals surface area (Å²) in [6.07, 6.45) is 8.88. The Morgan fingerprint density at radius 1 is 1.00 bits per heavy atom. The maximum absolute atomic E-state index is 12.4. The molecule has 0 aromatic heterocycles. The van der Waals surface area contributed by atoms with Gasteiger partial charge in [-0.3, -0.25) is 4.79 Å².